The van der Waals surface area contributed by atoms with Crippen molar-refractivity contribution in [3.05, 3.63) is 28.2 Å². The molecule has 22 heavy (non-hydrogen) atoms. The van der Waals surface area contributed by atoms with Gasteiger partial charge in [-0.1, -0.05) is 28.3 Å². The lowest BCUT2D eigenvalue weighted by molar-refractivity contribution is -0.806. The van der Waals surface area contributed by atoms with Crippen LogP contribution >= 0.6 is 23.2 Å². The van der Waals surface area contributed by atoms with Crippen molar-refractivity contribution < 1.29 is 28.4 Å². The normalized spacial score (nSPS) is 28.9. The average Bonchev–Trinajstić information content (AvgIpc) is 2.76. The predicted molar refractivity (Wildman–Crippen MR) is 77.6 cm³/mol. The molecule has 0 radical (unpaired) electrons. The Bertz CT molecular complexity index is 635. The smallest absolute Gasteiger partial charge is 0.370 e. The largest absolute Gasteiger partial charge is 0.552 e. The van der Waals surface area contributed by atoms with Crippen molar-refractivity contribution in [1.29, 1.82) is 0 Å². The summed E-state index contributed by atoms with van der Waals surface area (Å²) in [7, 11) is 1.43. The molecule has 118 valence electrons. The van der Waals surface area contributed by atoms with Crippen molar-refractivity contribution in [2.24, 2.45) is 0 Å². The third-order valence-electron chi connectivity index (χ3n) is 3.63. The van der Waals surface area contributed by atoms with Gasteiger partial charge in [0.15, 0.2) is 0 Å². The molecule has 0 N–H and O–H groups in total. The fourth-order valence-electron chi connectivity index (χ4n) is 2.26. The van der Waals surface area contributed by atoms with Crippen LogP contribution in [0.3, 0.4) is 0 Å². The molecule has 0 spiro atoms. The number of hydrogen-bond acceptors (Lipinski definition) is 5. The van der Waals surface area contributed by atoms with Crippen molar-refractivity contribution >= 4 is 41.0 Å². The molecule has 2 unspecified atom stereocenters. The monoisotopic (exact) mass is 347 g/mol. The number of ether oxygens (including phenoxy) is 2. The van der Waals surface area contributed by atoms with Gasteiger partial charge in [-0.15, -0.1) is 4.48 Å². The van der Waals surface area contributed by atoms with Gasteiger partial charge in [0, 0.05) is 0 Å². The van der Waals surface area contributed by atoms with Crippen molar-refractivity contribution in [2.45, 2.75) is 6.23 Å². The molecule has 3 rings (SSSR count). The number of hydrogen-bond donors (Lipinski definition) is 0. The van der Waals surface area contributed by atoms with Gasteiger partial charge in [0.1, 0.15) is 6.61 Å². The number of imide groups is 1. The van der Waals surface area contributed by atoms with Crippen molar-refractivity contribution in [3.8, 4) is 0 Å². The second-order valence-corrected chi connectivity index (χ2v) is 5.82. The number of halogens is 2. The van der Waals surface area contributed by atoms with Gasteiger partial charge in [0.2, 0.25) is 6.23 Å². The molecule has 2 atom stereocenters. The second-order valence-electron chi connectivity index (χ2n) is 5.01. The van der Waals surface area contributed by atoms with Crippen LogP contribution in [0.5, 0.6) is 0 Å². The molecule has 1 aromatic carbocycles. The van der Waals surface area contributed by atoms with E-state index >= 15 is 0 Å². The van der Waals surface area contributed by atoms with E-state index in [1.54, 1.807) is 0 Å². The first-order chi connectivity index (χ1) is 10.4. The Morgan fingerprint density at radius 2 is 2.00 bits per heavy atom. The summed E-state index contributed by atoms with van der Waals surface area (Å²) in [5.41, 5.74) is 0.311. The number of carbonyl (C=O) groups is 2. The van der Waals surface area contributed by atoms with Crippen molar-refractivity contribution in [1.82, 2.24) is 0 Å². The molecule has 2 heterocycles. The molecule has 7 nitrogen and oxygen atoms in total. The Hall–Kier alpha value is -1.38. The first-order valence-corrected chi connectivity index (χ1v) is 7.28. The van der Waals surface area contributed by atoms with Crippen LogP contribution in [0.4, 0.5) is 15.3 Å². The van der Waals surface area contributed by atoms with Crippen LogP contribution in [0.2, 0.25) is 10.0 Å². The fraction of sp³-hybridized carbons (Fsp3) is 0.385. The number of hydroxylamine groups is 1. The second kappa shape index (κ2) is 5.68. The maximum atomic E-state index is 12.7. The van der Waals surface area contributed by atoms with Crippen molar-refractivity contribution in [2.75, 3.05) is 31.9 Å². The van der Waals surface area contributed by atoms with E-state index in [1.807, 2.05) is 0 Å². The SMILES string of the molecule is C[N+]1(C2COCCO2)C(=O)ON(c2ccc(Cl)c(Cl)c2)C1=O. The van der Waals surface area contributed by atoms with Crippen LogP contribution in [-0.2, 0) is 14.3 Å². The van der Waals surface area contributed by atoms with Crippen LogP contribution in [0.25, 0.3) is 0 Å². The lowest BCUT2D eigenvalue weighted by atomic mass is 10.3. The fourth-order valence-corrected chi connectivity index (χ4v) is 2.55. The number of anilines is 1. The summed E-state index contributed by atoms with van der Waals surface area (Å²) in [4.78, 5) is 30.0. The van der Waals surface area contributed by atoms with Gasteiger partial charge in [-0.2, -0.15) is 4.79 Å². The summed E-state index contributed by atoms with van der Waals surface area (Å²) in [5.74, 6) is 0. The number of urea groups is 1. The summed E-state index contributed by atoms with van der Waals surface area (Å²) in [6, 6.07) is 3.92. The molecule has 2 fully saturated rings. The highest BCUT2D eigenvalue weighted by atomic mass is 35.5. The first-order valence-electron chi connectivity index (χ1n) is 6.52. The third kappa shape index (κ3) is 2.35. The van der Waals surface area contributed by atoms with Gasteiger partial charge in [-0.3, -0.25) is 4.84 Å². The van der Waals surface area contributed by atoms with Gasteiger partial charge in [0.05, 0.1) is 36.0 Å². The topological polar surface area (TPSA) is 65.1 Å². The highest BCUT2D eigenvalue weighted by Gasteiger charge is 2.61. The zero-order chi connectivity index (χ0) is 15.9. The third-order valence-corrected chi connectivity index (χ3v) is 4.37. The predicted octanol–water partition coefficient (Wildman–Crippen LogP) is 2.80. The number of rotatable bonds is 2. The molecule has 0 aliphatic carbocycles. The van der Waals surface area contributed by atoms with E-state index in [9.17, 15) is 9.59 Å². The minimum absolute atomic E-state index is 0.132. The molecule has 0 saturated carbocycles. The molecule has 3 amide bonds. The number of carbonyl (C=O) groups excluding carboxylic acids is 2. The summed E-state index contributed by atoms with van der Waals surface area (Å²) >= 11 is 11.8. The number of benzene rings is 1. The zero-order valence-corrected chi connectivity index (χ0v) is 13.1. The van der Waals surface area contributed by atoms with Gasteiger partial charge >= 0.3 is 12.1 Å². The lowest BCUT2D eigenvalue weighted by Crippen LogP contribution is -2.60. The Morgan fingerprint density at radius 1 is 1.23 bits per heavy atom. The Kier molecular flexibility index (Phi) is 4.00. The Balaban J connectivity index is 1.91. The quantitative estimate of drug-likeness (QED) is 0.769. The van der Waals surface area contributed by atoms with E-state index in [1.165, 1.54) is 25.2 Å². The molecule has 2 aliphatic rings. The van der Waals surface area contributed by atoms with Gasteiger partial charge in [-0.25, -0.2) is 4.79 Å². The first kappa shape index (κ1) is 15.5. The summed E-state index contributed by atoms with van der Waals surface area (Å²) < 4.78 is 10.1. The van der Waals surface area contributed by atoms with E-state index < -0.39 is 22.8 Å². The molecule has 1 aromatic rings. The Labute approximate surface area is 136 Å². The van der Waals surface area contributed by atoms with E-state index in [0.717, 1.165) is 5.06 Å². The highest BCUT2D eigenvalue weighted by Crippen LogP contribution is 2.34. The highest BCUT2D eigenvalue weighted by molar-refractivity contribution is 6.42. The molecule has 2 saturated heterocycles. The van der Waals surface area contributed by atoms with Gasteiger partial charge < -0.3 is 9.47 Å². The summed E-state index contributed by atoms with van der Waals surface area (Å²) in [6.45, 7) is 0.870. The summed E-state index contributed by atoms with van der Waals surface area (Å²) in [5, 5.41) is 1.48. The summed E-state index contributed by atoms with van der Waals surface area (Å²) in [6.07, 6.45) is -1.49. The number of quaternary nitrogens is 1. The Morgan fingerprint density at radius 3 is 2.64 bits per heavy atom. The van der Waals surface area contributed by atoms with Gasteiger partial charge in [0.25, 0.3) is 0 Å². The molecule has 0 bridgehead atoms. The van der Waals surface area contributed by atoms with Crippen LogP contribution in [0.1, 0.15) is 0 Å². The maximum absolute atomic E-state index is 12.7. The molecular weight excluding hydrogens is 335 g/mol. The number of likely N-dealkylation sites (N-methyl/N-ethyl adjacent to an activating group) is 1. The molecular formula is C13H13Cl2N2O5+. The van der Waals surface area contributed by atoms with Crippen LogP contribution in [0.15, 0.2) is 18.2 Å². The zero-order valence-electron chi connectivity index (χ0n) is 11.6. The van der Waals surface area contributed by atoms with Crippen LogP contribution < -0.4 is 5.06 Å². The van der Waals surface area contributed by atoms with Crippen LogP contribution in [-0.4, -0.2) is 49.7 Å². The van der Waals surface area contributed by atoms with Gasteiger partial charge in [-0.05, 0) is 18.2 Å². The lowest BCUT2D eigenvalue weighted by Gasteiger charge is -2.31. The molecule has 9 heteroatoms. The average molecular weight is 348 g/mol. The van der Waals surface area contributed by atoms with E-state index in [4.69, 9.17) is 37.5 Å². The van der Waals surface area contributed by atoms with E-state index in [-0.39, 0.29) is 11.6 Å². The maximum Gasteiger partial charge on any atom is 0.552 e. The molecule has 0 aromatic heterocycles. The minimum atomic E-state index is -0.749. The van der Waals surface area contributed by atoms with Crippen LogP contribution in [0, 0.1) is 0 Å². The minimum Gasteiger partial charge on any atom is -0.370 e. The number of amides is 3. The molecule has 2 aliphatic heterocycles. The van der Waals surface area contributed by atoms with Crippen molar-refractivity contribution in [3.63, 3.8) is 0 Å². The van der Waals surface area contributed by atoms with E-state index in [2.05, 4.69) is 0 Å². The van der Waals surface area contributed by atoms with E-state index in [0.29, 0.717) is 23.9 Å². The number of nitrogens with zero attached hydrogens (tertiary/aromatic N) is 2. The standard InChI is InChI=1S/C13H13Cl2N2O5/c1-17(11-7-20-4-5-21-11)12(18)16(22-13(17)19)8-2-3-9(14)10(15)6-8/h2-3,6,11H,4-5,7H2,1H3/q+1.